The minimum Gasteiger partial charge on any atom is -0.441 e. The number of anilines is 2. The SMILES string of the molecule is N#C/C(=C/c1ccc(N2CCOCC2)o1)C(=O)Nc1sc2c(c1C(N)=O)CCCC2. The van der Waals surface area contributed by atoms with E-state index in [9.17, 15) is 14.9 Å². The van der Waals surface area contributed by atoms with E-state index in [0.29, 0.717) is 35.4 Å². The Kier molecular flexibility index (Phi) is 5.88. The summed E-state index contributed by atoms with van der Waals surface area (Å²) in [6.07, 6.45) is 5.08. The molecular formula is C21H22N4O4S. The van der Waals surface area contributed by atoms with Gasteiger partial charge in [-0.2, -0.15) is 5.26 Å². The van der Waals surface area contributed by atoms with Gasteiger partial charge in [0, 0.05) is 30.1 Å². The lowest BCUT2D eigenvalue weighted by molar-refractivity contribution is -0.112. The summed E-state index contributed by atoms with van der Waals surface area (Å²) >= 11 is 1.36. The zero-order valence-electron chi connectivity index (χ0n) is 16.4. The first-order valence-corrected chi connectivity index (χ1v) is 10.7. The maximum Gasteiger partial charge on any atom is 0.267 e. The van der Waals surface area contributed by atoms with Crippen molar-refractivity contribution in [1.82, 2.24) is 0 Å². The van der Waals surface area contributed by atoms with Gasteiger partial charge in [0.2, 0.25) is 0 Å². The molecule has 0 aromatic carbocycles. The second kappa shape index (κ2) is 8.73. The maximum absolute atomic E-state index is 12.7. The number of hydrogen-bond donors (Lipinski definition) is 2. The van der Waals surface area contributed by atoms with Crippen LogP contribution >= 0.6 is 11.3 Å². The van der Waals surface area contributed by atoms with Crippen molar-refractivity contribution in [3.8, 4) is 6.07 Å². The molecule has 3 N–H and O–H groups in total. The molecule has 1 aliphatic heterocycles. The van der Waals surface area contributed by atoms with Crippen LogP contribution < -0.4 is 16.0 Å². The van der Waals surface area contributed by atoms with Gasteiger partial charge in [0.1, 0.15) is 22.4 Å². The predicted molar refractivity (Wildman–Crippen MR) is 113 cm³/mol. The molecule has 4 rings (SSSR count). The molecule has 0 bridgehead atoms. The summed E-state index contributed by atoms with van der Waals surface area (Å²) in [5.41, 5.74) is 6.76. The third-order valence-electron chi connectivity index (χ3n) is 5.23. The lowest BCUT2D eigenvalue weighted by Crippen LogP contribution is -2.35. The van der Waals surface area contributed by atoms with Crippen molar-refractivity contribution in [2.75, 3.05) is 36.5 Å². The van der Waals surface area contributed by atoms with Crippen LogP contribution in [0, 0.1) is 11.3 Å². The quantitative estimate of drug-likeness (QED) is 0.560. The Morgan fingerprint density at radius 2 is 2.00 bits per heavy atom. The first-order chi connectivity index (χ1) is 14.6. The number of carbonyl (C=O) groups is 2. The number of ether oxygens (including phenoxy) is 1. The highest BCUT2D eigenvalue weighted by molar-refractivity contribution is 7.17. The summed E-state index contributed by atoms with van der Waals surface area (Å²) in [5, 5.41) is 12.6. The molecule has 1 aliphatic carbocycles. The summed E-state index contributed by atoms with van der Waals surface area (Å²) < 4.78 is 11.1. The van der Waals surface area contributed by atoms with E-state index in [1.165, 1.54) is 17.4 Å². The summed E-state index contributed by atoms with van der Waals surface area (Å²) in [4.78, 5) is 27.8. The van der Waals surface area contributed by atoms with Crippen LogP contribution in [0.4, 0.5) is 10.9 Å². The molecule has 2 aromatic heterocycles. The largest absolute Gasteiger partial charge is 0.441 e. The van der Waals surface area contributed by atoms with Crippen molar-refractivity contribution >= 4 is 40.1 Å². The van der Waals surface area contributed by atoms with E-state index in [-0.39, 0.29) is 5.57 Å². The highest BCUT2D eigenvalue weighted by Crippen LogP contribution is 2.38. The molecule has 9 heteroatoms. The number of nitrogens with zero attached hydrogens (tertiary/aromatic N) is 2. The Labute approximate surface area is 177 Å². The number of hydrogen-bond acceptors (Lipinski definition) is 7. The van der Waals surface area contributed by atoms with Gasteiger partial charge in [0.05, 0.1) is 18.8 Å². The van der Waals surface area contributed by atoms with Crippen molar-refractivity contribution in [3.63, 3.8) is 0 Å². The molecule has 0 saturated carbocycles. The van der Waals surface area contributed by atoms with Crippen LogP contribution in [0.15, 0.2) is 22.1 Å². The van der Waals surface area contributed by atoms with E-state index in [1.54, 1.807) is 6.07 Å². The van der Waals surface area contributed by atoms with Crippen LogP contribution in [0.2, 0.25) is 0 Å². The monoisotopic (exact) mass is 426 g/mol. The smallest absolute Gasteiger partial charge is 0.267 e. The first kappa shape index (κ1) is 20.2. The van der Waals surface area contributed by atoms with Gasteiger partial charge in [0.25, 0.3) is 11.8 Å². The van der Waals surface area contributed by atoms with E-state index in [2.05, 4.69) is 5.32 Å². The van der Waals surface area contributed by atoms with Crippen molar-refractivity contribution in [1.29, 1.82) is 5.26 Å². The van der Waals surface area contributed by atoms with Gasteiger partial charge >= 0.3 is 0 Å². The zero-order valence-corrected chi connectivity index (χ0v) is 17.2. The average molecular weight is 426 g/mol. The fourth-order valence-corrected chi connectivity index (χ4v) is 5.04. The molecule has 2 amide bonds. The van der Waals surface area contributed by atoms with Crippen LogP contribution in [0.25, 0.3) is 6.08 Å². The van der Waals surface area contributed by atoms with Crippen molar-refractivity contribution in [3.05, 3.63) is 39.5 Å². The van der Waals surface area contributed by atoms with Gasteiger partial charge in [-0.1, -0.05) is 0 Å². The number of rotatable bonds is 5. The summed E-state index contributed by atoms with van der Waals surface area (Å²) in [6.45, 7) is 2.71. The third kappa shape index (κ3) is 4.10. The molecule has 8 nitrogen and oxygen atoms in total. The Balaban J connectivity index is 1.54. The van der Waals surface area contributed by atoms with Gasteiger partial charge in [-0.15, -0.1) is 11.3 Å². The topological polar surface area (TPSA) is 122 Å². The fourth-order valence-electron chi connectivity index (χ4n) is 3.75. The van der Waals surface area contributed by atoms with Crippen LogP contribution in [0.1, 0.15) is 39.4 Å². The molecule has 30 heavy (non-hydrogen) atoms. The van der Waals surface area contributed by atoms with E-state index < -0.39 is 11.8 Å². The normalized spacial score (nSPS) is 16.6. The van der Waals surface area contributed by atoms with Gasteiger partial charge in [0.15, 0.2) is 5.88 Å². The number of fused-ring (bicyclic) bond motifs is 1. The Hall–Kier alpha value is -3.09. The molecule has 1 fully saturated rings. The van der Waals surface area contributed by atoms with Crippen LogP contribution in [0.3, 0.4) is 0 Å². The molecule has 2 aliphatic rings. The summed E-state index contributed by atoms with van der Waals surface area (Å²) in [6, 6.07) is 5.44. The number of aryl methyl sites for hydroxylation is 1. The lowest BCUT2D eigenvalue weighted by atomic mass is 9.95. The molecule has 156 valence electrons. The number of nitriles is 1. The molecule has 0 radical (unpaired) electrons. The first-order valence-electron chi connectivity index (χ1n) is 9.87. The molecule has 0 atom stereocenters. The Bertz CT molecular complexity index is 1040. The van der Waals surface area contributed by atoms with Crippen molar-refractivity contribution < 1.29 is 18.7 Å². The van der Waals surface area contributed by atoms with Crippen LogP contribution in [0.5, 0.6) is 0 Å². The molecule has 3 heterocycles. The van der Waals surface area contributed by atoms with Gasteiger partial charge in [-0.25, -0.2) is 0 Å². The van der Waals surface area contributed by atoms with E-state index in [4.69, 9.17) is 14.9 Å². The second-order valence-corrected chi connectivity index (χ2v) is 8.28. The van der Waals surface area contributed by atoms with E-state index >= 15 is 0 Å². The lowest BCUT2D eigenvalue weighted by Gasteiger charge is -2.26. The Morgan fingerprint density at radius 3 is 2.73 bits per heavy atom. The summed E-state index contributed by atoms with van der Waals surface area (Å²) in [7, 11) is 0. The van der Waals surface area contributed by atoms with Crippen molar-refractivity contribution in [2.45, 2.75) is 25.7 Å². The predicted octanol–water partition coefficient (Wildman–Crippen LogP) is 2.70. The minimum atomic E-state index is -0.595. The molecule has 0 spiro atoms. The number of morpholine rings is 1. The van der Waals surface area contributed by atoms with Gasteiger partial charge in [-0.3, -0.25) is 9.59 Å². The number of furan rings is 1. The zero-order chi connectivity index (χ0) is 21.1. The summed E-state index contributed by atoms with van der Waals surface area (Å²) in [5.74, 6) is -0.0794. The van der Waals surface area contributed by atoms with Crippen LogP contribution in [-0.2, 0) is 22.4 Å². The number of nitrogens with two attached hydrogens (primary N) is 1. The average Bonchev–Trinajstić information content (AvgIpc) is 3.36. The number of carbonyl (C=O) groups excluding carboxylic acids is 2. The van der Waals surface area contributed by atoms with E-state index in [0.717, 1.165) is 49.2 Å². The minimum absolute atomic E-state index is 0.111. The molecular weight excluding hydrogens is 404 g/mol. The molecule has 2 aromatic rings. The highest BCUT2D eigenvalue weighted by Gasteiger charge is 2.25. The standard InChI is InChI=1S/C21H22N4O4S/c22-12-13(11-14-5-6-17(29-14)25-7-9-28-10-8-25)20(27)24-21-18(19(23)26)15-3-1-2-4-16(15)30-21/h5-6,11H,1-4,7-10H2,(H2,23,26)(H,24,27)/b13-11-. The van der Waals surface area contributed by atoms with Crippen molar-refractivity contribution in [2.24, 2.45) is 5.73 Å². The number of amides is 2. The highest BCUT2D eigenvalue weighted by atomic mass is 32.1. The van der Waals surface area contributed by atoms with E-state index in [1.807, 2.05) is 17.0 Å². The van der Waals surface area contributed by atoms with Gasteiger partial charge < -0.3 is 25.1 Å². The maximum atomic E-state index is 12.7. The number of nitrogens with one attached hydrogen (secondary N) is 1. The molecule has 0 unspecified atom stereocenters. The van der Waals surface area contributed by atoms with Crippen LogP contribution in [-0.4, -0.2) is 38.1 Å². The fraction of sp³-hybridized carbons (Fsp3) is 0.381. The van der Waals surface area contributed by atoms with Gasteiger partial charge in [-0.05, 0) is 37.3 Å². The number of primary amides is 1. The third-order valence-corrected chi connectivity index (χ3v) is 6.44. The Morgan fingerprint density at radius 1 is 1.23 bits per heavy atom. The molecule has 1 saturated heterocycles. The second-order valence-electron chi connectivity index (χ2n) is 7.18. The number of thiophene rings is 1.